The van der Waals surface area contributed by atoms with Crippen LogP contribution < -0.4 is 4.90 Å². The van der Waals surface area contributed by atoms with Crippen molar-refractivity contribution in [3.8, 4) is 11.1 Å². The van der Waals surface area contributed by atoms with E-state index in [0.29, 0.717) is 0 Å². The highest BCUT2D eigenvalue weighted by Crippen LogP contribution is 2.51. The molecule has 2 bridgehead atoms. The summed E-state index contributed by atoms with van der Waals surface area (Å²) in [5.41, 5.74) is 2.68. The molecule has 2 aromatic rings. The number of amides is 2. The van der Waals surface area contributed by atoms with E-state index in [1.165, 1.54) is 4.90 Å². The SMILES string of the molecule is O=C1[C@@H]2[C@H](C(=O)N1c1ccccc1-c1ccccc1)[C@H]1C=C[C@H]2CC1. The van der Waals surface area contributed by atoms with Crippen LogP contribution in [0.3, 0.4) is 0 Å². The Hall–Kier alpha value is -2.68. The standard InChI is InChI=1S/C22H19NO2/c24-21-19-15-10-11-16(13-12-15)20(19)22(25)23(21)18-9-5-4-8-17(18)14-6-2-1-3-7-14/h1-11,15-16,19-20H,12-13H2/t15-,16-,19-,20+/m0/s1. The van der Waals surface area contributed by atoms with Crippen molar-refractivity contribution in [1.82, 2.24) is 0 Å². The predicted molar refractivity (Wildman–Crippen MR) is 96.7 cm³/mol. The van der Waals surface area contributed by atoms with Crippen LogP contribution in [0.15, 0.2) is 66.7 Å². The number of carbonyl (C=O) groups excluding carboxylic acids is 2. The number of rotatable bonds is 2. The highest BCUT2D eigenvalue weighted by Gasteiger charge is 2.57. The molecule has 124 valence electrons. The Morgan fingerprint density at radius 3 is 1.88 bits per heavy atom. The molecule has 0 unspecified atom stereocenters. The molecule has 25 heavy (non-hydrogen) atoms. The Morgan fingerprint density at radius 2 is 1.28 bits per heavy atom. The van der Waals surface area contributed by atoms with Crippen LogP contribution in [-0.2, 0) is 9.59 Å². The maximum atomic E-state index is 13.2. The molecule has 0 aromatic heterocycles. The molecule has 1 saturated carbocycles. The molecule has 3 heteroatoms. The van der Waals surface area contributed by atoms with Gasteiger partial charge < -0.3 is 0 Å². The first-order valence-electron chi connectivity index (χ1n) is 8.96. The third-order valence-corrected chi connectivity index (χ3v) is 5.99. The van der Waals surface area contributed by atoms with Crippen LogP contribution in [0.25, 0.3) is 11.1 Å². The lowest BCUT2D eigenvalue weighted by Crippen LogP contribution is -2.38. The van der Waals surface area contributed by atoms with E-state index in [-0.39, 0.29) is 35.5 Å². The number of imide groups is 1. The molecule has 1 heterocycles. The van der Waals surface area contributed by atoms with Crippen molar-refractivity contribution in [2.45, 2.75) is 12.8 Å². The molecule has 2 fully saturated rings. The second-order valence-electron chi connectivity index (χ2n) is 7.24. The van der Waals surface area contributed by atoms with Gasteiger partial charge in [0.05, 0.1) is 17.5 Å². The highest BCUT2D eigenvalue weighted by atomic mass is 16.2. The van der Waals surface area contributed by atoms with Gasteiger partial charge >= 0.3 is 0 Å². The summed E-state index contributed by atoms with van der Waals surface area (Å²) in [5.74, 6) is 0.0793. The monoisotopic (exact) mass is 329 g/mol. The average molecular weight is 329 g/mol. The number of hydrogen-bond donors (Lipinski definition) is 0. The van der Waals surface area contributed by atoms with Crippen molar-refractivity contribution < 1.29 is 9.59 Å². The summed E-state index contributed by atoms with van der Waals surface area (Å²) in [6.45, 7) is 0. The molecular weight excluding hydrogens is 310 g/mol. The third kappa shape index (κ3) is 2.05. The Bertz CT molecular complexity index is 854. The van der Waals surface area contributed by atoms with E-state index in [4.69, 9.17) is 0 Å². The number of allylic oxidation sites excluding steroid dienone is 2. The van der Waals surface area contributed by atoms with Gasteiger partial charge in [-0.1, -0.05) is 60.7 Å². The lowest BCUT2D eigenvalue weighted by molar-refractivity contribution is -0.124. The first-order chi connectivity index (χ1) is 12.3. The summed E-state index contributed by atoms with van der Waals surface area (Å²) >= 11 is 0. The lowest BCUT2D eigenvalue weighted by Gasteiger charge is -2.38. The van der Waals surface area contributed by atoms with Crippen molar-refractivity contribution in [1.29, 1.82) is 0 Å². The van der Waals surface area contributed by atoms with Crippen molar-refractivity contribution in [3.63, 3.8) is 0 Å². The molecule has 3 nitrogen and oxygen atoms in total. The number of fused-ring (bicyclic) bond motifs is 1. The maximum absolute atomic E-state index is 13.2. The smallest absolute Gasteiger partial charge is 0.238 e. The number of anilines is 1. The largest absolute Gasteiger partial charge is 0.274 e. The minimum atomic E-state index is -0.167. The number of hydrogen-bond acceptors (Lipinski definition) is 2. The van der Waals surface area contributed by atoms with E-state index in [1.54, 1.807) is 0 Å². The second kappa shape index (κ2) is 5.41. The van der Waals surface area contributed by atoms with Gasteiger partial charge in [-0.3, -0.25) is 9.59 Å². The van der Waals surface area contributed by atoms with Crippen molar-refractivity contribution in [2.75, 3.05) is 4.90 Å². The molecule has 2 aromatic carbocycles. The normalized spacial score (nSPS) is 30.0. The van der Waals surface area contributed by atoms with Crippen LogP contribution in [0.5, 0.6) is 0 Å². The Kier molecular flexibility index (Phi) is 3.17. The minimum absolute atomic E-state index is 0.0163. The fraction of sp³-hybridized carbons (Fsp3) is 0.273. The second-order valence-corrected chi connectivity index (χ2v) is 7.24. The van der Waals surface area contributed by atoms with Crippen LogP contribution in [0.1, 0.15) is 12.8 Å². The van der Waals surface area contributed by atoms with Crippen molar-refractivity contribution in [2.24, 2.45) is 23.7 Å². The molecule has 4 atom stereocenters. The zero-order valence-electron chi connectivity index (χ0n) is 13.8. The zero-order valence-corrected chi connectivity index (χ0v) is 13.8. The molecule has 0 radical (unpaired) electrons. The van der Waals surface area contributed by atoms with Crippen LogP contribution in [0.4, 0.5) is 5.69 Å². The van der Waals surface area contributed by atoms with E-state index in [9.17, 15) is 9.59 Å². The summed E-state index contributed by atoms with van der Waals surface area (Å²) in [5, 5.41) is 0. The predicted octanol–water partition coefficient (Wildman–Crippen LogP) is 4.06. The van der Waals surface area contributed by atoms with Crippen molar-refractivity contribution in [3.05, 3.63) is 66.7 Å². The quantitative estimate of drug-likeness (QED) is 0.615. The Labute approximate surface area is 147 Å². The summed E-state index contributed by atoms with van der Waals surface area (Å²) in [6, 6.07) is 17.7. The minimum Gasteiger partial charge on any atom is -0.274 e. The van der Waals surface area contributed by atoms with E-state index in [1.807, 2.05) is 54.6 Å². The number of nitrogens with zero attached hydrogens (tertiary/aromatic N) is 1. The van der Waals surface area contributed by atoms with Gasteiger partial charge in [0.1, 0.15) is 0 Å². The van der Waals surface area contributed by atoms with Crippen LogP contribution in [0.2, 0.25) is 0 Å². The molecule has 1 aliphatic heterocycles. The fourth-order valence-electron chi connectivity index (χ4n) is 4.84. The van der Waals surface area contributed by atoms with Crippen molar-refractivity contribution >= 4 is 17.5 Å². The van der Waals surface area contributed by atoms with Gasteiger partial charge in [-0.25, -0.2) is 4.90 Å². The Morgan fingerprint density at radius 1 is 0.720 bits per heavy atom. The summed E-state index contributed by atoms with van der Waals surface area (Å²) in [4.78, 5) is 27.9. The van der Waals surface area contributed by atoms with E-state index < -0.39 is 0 Å². The van der Waals surface area contributed by atoms with Gasteiger partial charge in [0, 0.05) is 5.56 Å². The number of benzene rings is 2. The van der Waals surface area contributed by atoms with Crippen LogP contribution in [0, 0.1) is 23.7 Å². The fourth-order valence-corrected chi connectivity index (χ4v) is 4.84. The van der Waals surface area contributed by atoms with E-state index in [0.717, 1.165) is 29.7 Å². The first-order valence-corrected chi connectivity index (χ1v) is 8.96. The summed E-state index contributed by atoms with van der Waals surface area (Å²) in [7, 11) is 0. The molecule has 3 aliphatic carbocycles. The van der Waals surface area contributed by atoms with E-state index >= 15 is 0 Å². The number of para-hydroxylation sites is 1. The van der Waals surface area contributed by atoms with Gasteiger partial charge in [-0.2, -0.15) is 0 Å². The zero-order chi connectivity index (χ0) is 17.0. The first kappa shape index (κ1) is 14.6. The van der Waals surface area contributed by atoms with Crippen LogP contribution >= 0.6 is 0 Å². The van der Waals surface area contributed by atoms with Gasteiger partial charge in [-0.15, -0.1) is 0 Å². The van der Waals surface area contributed by atoms with Gasteiger partial charge in [0.2, 0.25) is 11.8 Å². The molecular formula is C22H19NO2. The Balaban J connectivity index is 1.62. The maximum Gasteiger partial charge on any atom is 0.238 e. The van der Waals surface area contributed by atoms with E-state index in [2.05, 4.69) is 12.2 Å². The lowest BCUT2D eigenvalue weighted by atomic mass is 9.63. The molecule has 6 rings (SSSR count). The molecule has 0 N–H and O–H groups in total. The van der Waals surface area contributed by atoms with Gasteiger partial charge in [-0.05, 0) is 36.3 Å². The average Bonchev–Trinajstić information content (AvgIpc) is 2.96. The summed E-state index contributed by atoms with van der Waals surface area (Å²) < 4.78 is 0. The molecule has 1 saturated heterocycles. The summed E-state index contributed by atoms with van der Waals surface area (Å²) in [6.07, 6.45) is 6.37. The molecule has 2 amide bonds. The third-order valence-electron chi connectivity index (χ3n) is 5.99. The highest BCUT2D eigenvalue weighted by molar-refractivity contribution is 6.24. The topological polar surface area (TPSA) is 37.4 Å². The van der Waals surface area contributed by atoms with Gasteiger partial charge in [0.25, 0.3) is 0 Å². The molecule has 0 spiro atoms. The van der Waals surface area contributed by atoms with Crippen LogP contribution in [-0.4, -0.2) is 11.8 Å². The molecule has 4 aliphatic rings. The van der Waals surface area contributed by atoms with Gasteiger partial charge in [0.15, 0.2) is 0 Å². The number of carbonyl (C=O) groups is 2.